The molecule has 2 aliphatic heterocycles. The highest BCUT2D eigenvalue weighted by atomic mass is 16.6. The van der Waals surface area contributed by atoms with Crippen LogP contribution >= 0.6 is 0 Å². The van der Waals surface area contributed by atoms with Crippen molar-refractivity contribution in [1.82, 2.24) is 24.3 Å². The average Bonchev–Trinajstić information content (AvgIpc) is 3.36. The van der Waals surface area contributed by atoms with Gasteiger partial charge in [0.25, 0.3) is 5.91 Å². The number of hydrogen-bond acceptors (Lipinski definition) is 8. The topological polar surface area (TPSA) is 143 Å². The van der Waals surface area contributed by atoms with E-state index in [0.717, 1.165) is 24.7 Å². The molecule has 1 aromatic heterocycles. The number of aldehydes is 1. The SMILES string of the molecule is CCCCOC(=O)N1COCC1(C)C(=O)N1CCN(C(=O)Nc2ccn(-c3ccc(CC=O)cc3)c(=O)n2)CC1. The maximum atomic E-state index is 13.4. The Labute approximate surface area is 231 Å². The summed E-state index contributed by atoms with van der Waals surface area (Å²) in [5.41, 5.74) is -0.337. The standard InChI is InChI=1S/C27H34N6O7/c1-3-4-17-40-26(38)33-19-39-18-27(33,2)23(35)30-12-14-31(15-13-30)24(36)28-22-9-11-32(25(37)29-22)21-7-5-20(6-8-21)10-16-34/h5-9,11,16H,3-4,10,12-15,17-19H2,1-2H3,(H,28,29,36,37). The molecule has 0 spiro atoms. The number of hydrogen-bond donors (Lipinski definition) is 1. The van der Waals surface area contributed by atoms with E-state index in [-0.39, 0.29) is 57.8 Å². The maximum absolute atomic E-state index is 13.4. The Hall–Kier alpha value is -4.26. The molecule has 1 unspecified atom stereocenters. The fourth-order valence-corrected chi connectivity index (χ4v) is 4.57. The molecular weight excluding hydrogens is 520 g/mol. The third-order valence-corrected chi connectivity index (χ3v) is 7.03. The number of carbonyl (C=O) groups excluding carboxylic acids is 4. The van der Waals surface area contributed by atoms with Crippen LogP contribution in [-0.2, 0) is 25.5 Å². The van der Waals surface area contributed by atoms with Crippen LogP contribution in [0.25, 0.3) is 5.69 Å². The van der Waals surface area contributed by atoms with E-state index in [2.05, 4.69) is 10.3 Å². The minimum Gasteiger partial charge on any atom is -0.449 e. The van der Waals surface area contributed by atoms with Crippen LogP contribution in [0.2, 0.25) is 0 Å². The van der Waals surface area contributed by atoms with Crippen LogP contribution in [0.5, 0.6) is 0 Å². The van der Waals surface area contributed by atoms with Crippen molar-refractivity contribution in [2.45, 2.75) is 38.6 Å². The van der Waals surface area contributed by atoms with Gasteiger partial charge in [-0.2, -0.15) is 4.98 Å². The number of nitrogens with zero attached hydrogens (tertiary/aromatic N) is 5. The van der Waals surface area contributed by atoms with Gasteiger partial charge in [0.1, 0.15) is 24.4 Å². The number of ether oxygens (including phenoxy) is 2. The third kappa shape index (κ3) is 6.30. The lowest BCUT2D eigenvalue weighted by Crippen LogP contribution is -2.61. The van der Waals surface area contributed by atoms with Crippen molar-refractivity contribution in [3.8, 4) is 5.69 Å². The summed E-state index contributed by atoms with van der Waals surface area (Å²) in [6.07, 6.45) is 3.66. The Bertz CT molecular complexity index is 1290. The second-order valence-electron chi connectivity index (χ2n) is 9.86. The van der Waals surface area contributed by atoms with Crippen LogP contribution in [-0.4, -0.2) is 100 Å². The molecule has 1 atom stereocenters. The molecule has 2 saturated heterocycles. The first kappa shape index (κ1) is 28.7. The van der Waals surface area contributed by atoms with Crippen molar-refractivity contribution < 1.29 is 28.7 Å². The summed E-state index contributed by atoms with van der Waals surface area (Å²) in [5, 5.41) is 2.64. The van der Waals surface area contributed by atoms with E-state index in [4.69, 9.17) is 9.47 Å². The van der Waals surface area contributed by atoms with E-state index in [0.29, 0.717) is 12.1 Å². The molecule has 0 radical (unpaired) electrons. The molecule has 4 rings (SSSR count). The zero-order valence-electron chi connectivity index (χ0n) is 22.7. The smallest absolute Gasteiger partial charge is 0.412 e. The van der Waals surface area contributed by atoms with Gasteiger partial charge in [-0.3, -0.25) is 19.6 Å². The number of rotatable bonds is 8. The third-order valence-electron chi connectivity index (χ3n) is 7.03. The molecule has 0 saturated carbocycles. The largest absolute Gasteiger partial charge is 0.449 e. The quantitative estimate of drug-likeness (QED) is 0.383. The fourth-order valence-electron chi connectivity index (χ4n) is 4.57. The Morgan fingerprint density at radius 3 is 2.45 bits per heavy atom. The number of anilines is 1. The Kier molecular flexibility index (Phi) is 9.15. The van der Waals surface area contributed by atoms with Crippen molar-refractivity contribution in [2.75, 3.05) is 51.4 Å². The van der Waals surface area contributed by atoms with Crippen molar-refractivity contribution in [3.05, 3.63) is 52.6 Å². The van der Waals surface area contributed by atoms with Crippen molar-refractivity contribution >= 4 is 30.1 Å². The van der Waals surface area contributed by atoms with Crippen molar-refractivity contribution in [1.29, 1.82) is 0 Å². The molecule has 2 fully saturated rings. The molecule has 2 aromatic rings. The molecule has 0 bridgehead atoms. The average molecular weight is 555 g/mol. The first-order chi connectivity index (χ1) is 19.3. The van der Waals surface area contributed by atoms with Gasteiger partial charge in [-0.1, -0.05) is 25.5 Å². The number of aromatic nitrogens is 2. The van der Waals surface area contributed by atoms with E-state index < -0.39 is 23.4 Å². The van der Waals surface area contributed by atoms with Gasteiger partial charge in [0.15, 0.2) is 0 Å². The van der Waals surface area contributed by atoms with Crippen LogP contribution in [0.15, 0.2) is 41.3 Å². The normalized spacial score (nSPS) is 18.9. The summed E-state index contributed by atoms with van der Waals surface area (Å²) in [5.74, 6) is -0.155. The highest BCUT2D eigenvalue weighted by Gasteiger charge is 2.50. The van der Waals surface area contributed by atoms with Gasteiger partial charge in [0.2, 0.25) is 0 Å². The van der Waals surface area contributed by atoms with Crippen LogP contribution in [0.1, 0.15) is 32.3 Å². The second-order valence-corrected chi connectivity index (χ2v) is 9.86. The van der Waals surface area contributed by atoms with Gasteiger partial charge in [-0.15, -0.1) is 0 Å². The number of urea groups is 1. The van der Waals surface area contributed by atoms with Crippen LogP contribution in [0, 0.1) is 0 Å². The van der Waals surface area contributed by atoms with Gasteiger partial charge in [0, 0.05) is 38.8 Å². The van der Waals surface area contributed by atoms with E-state index >= 15 is 0 Å². The predicted octanol–water partition coefficient (Wildman–Crippen LogP) is 1.64. The van der Waals surface area contributed by atoms with Crippen molar-refractivity contribution in [2.24, 2.45) is 0 Å². The fraction of sp³-hybridized carbons (Fsp3) is 0.481. The molecule has 40 heavy (non-hydrogen) atoms. The molecule has 4 amide bonds. The first-order valence-electron chi connectivity index (χ1n) is 13.3. The van der Waals surface area contributed by atoms with E-state index in [9.17, 15) is 24.0 Å². The van der Waals surface area contributed by atoms with Gasteiger partial charge in [0.05, 0.1) is 18.9 Å². The zero-order valence-corrected chi connectivity index (χ0v) is 22.7. The number of amides is 4. The van der Waals surface area contributed by atoms with E-state index in [1.807, 2.05) is 6.92 Å². The van der Waals surface area contributed by atoms with Crippen molar-refractivity contribution in [3.63, 3.8) is 0 Å². The van der Waals surface area contributed by atoms with E-state index in [1.165, 1.54) is 26.6 Å². The highest BCUT2D eigenvalue weighted by molar-refractivity contribution is 5.91. The van der Waals surface area contributed by atoms with Gasteiger partial charge in [-0.25, -0.2) is 14.4 Å². The number of nitrogens with one attached hydrogen (secondary N) is 1. The number of piperazine rings is 1. The Balaban J connectivity index is 1.32. The number of carbonyl (C=O) groups is 4. The summed E-state index contributed by atoms with van der Waals surface area (Å²) in [7, 11) is 0. The summed E-state index contributed by atoms with van der Waals surface area (Å²) in [6, 6.07) is 8.03. The summed E-state index contributed by atoms with van der Waals surface area (Å²) in [4.78, 5) is 70.4. The molecule has 13 nitrogen and oxygen atoms in total. The predicted molar refractivity (Wildman–Crippen MR) is 144 cm³/mol. The molecule has 1 aromatic carbocycles. The lowest BCUT2D eigenvalue weighted by molar-refractivity contribution is -0.142. The molecule has 13 heteroatoms. The first-order valence-corrected chi connectivity index (χ1v) is 13.3. The van der Waals surface area contributed by atoms with Gasteiger partial charge < -0.3 is 24.1 Å². The molecule has 2 aliphatic rings. The Morgan fingerprint density at radius 2 is 1.80 bits per heavy atom. The summed E-state index contributed by atoms with van der Waals surface area (Å²) < 4.78 is 12.1. The van der Waals surface area contributed by atoms with Gasteiger partial charge >= 0.3 is 17.8 Å². The maximum Gasteiger partial charge on any atom is 0.412 e. The number of unbranched alkanes of at least 4 members (excludes halogenated alkanes) is 1. The van der Waals surface area contributed by atoms with Gasteiger partial charge in [-0.05, 0) is 37.1 Å². The number of benzene rings is 1. The highest BCUT2D eigenvalue weighted by Crippen LogP contribution is 2.26. The van der Waals surface area contributed by atoms with E-state index in [1.54, 1.807) is 36.1 Å². The lowest BCUT2D eigenvalue weighted by atomic mass is 10.0. The molecule has 1 N–H and O–H groups in total. The minimum absolute atomic E-state index is 0.0210. The molecule has 0 aliphatic carbocycles. The lowest BCUT2D eigenvalue weighted by Gasteiger charge is -2.40. The Morgan fingerprint density at radius 1 is 1.10 bits per heavy atom. The summed E-state index contributed by atoms with van der Waals surface area (Å²) >= 11 is 0. The van der Waals surface area contributed by atoms with Crippen LogP contribution in [0.4, 0.5) is 15.4 Å². The second kappa shape index (κ2) is 12.7. The monoisotopic (exact) mass is 554 g/mol. The molecule has 3 heterocycles. The minimum atomic E-state index is -1.18. The van der Waals surface area contributed by atoms with Crippen LogP contribution < -0.4 is 11.0 Å². The van der Waals surface area contributed by atoms with Crippen LogP contribution in [0.3, 0.4) is 0 Å². The molecular formula is C27H34N6O7. The summed E-state index contributed by atoms with van der Waals surface area (Å²) in [6.45, 7) is 5.05. The molecule has 214 valence electrons. The zero-order chi connectivity index (χ0) is 28.7.